The van der Waals surface area contributed by atoms with Gasteiger partial charge in [0, 0.05) is 26.2 Å². The molecule has 388 valence electrons. The molecule has 6 aromatic carbocycles. The van der Waals surface area contributed by atoms with Crippen LogP contribution in [0.15, 0.2) is 181 Å². The highest BCUT2D eigenvalue weighted by Crippen LogP contribution is 2.24. The van der Waals surface area contributed by atoms with Crippen molar-refractivity contribution in [3.8, 4) is 0 Å². The minimum absolute atomic E-state index is 0.0135. The van der Waals surface area contributed by atoms with Gasteiger partial charge in [0.25, 0.3) is 23.6 Å². The van der Waals surface area contributed by atoms with Crippen molar-refractivity contribution in [1.29, 1.82) is 0 Å². The minimum Gasteiger partial charge on any atom is -0.268 e. The first-order valence-corrected chi connectivity index (χ1v) is 26.1. The van der Waals surface area contributed by atoms with Gasteiger partial charge in [-0.15, -0.1) is 0 Å². The standard InChI is InChI=1S/2C28H26N2O3.4C2H6/c1-21-10-8-9-15-24(21)20-25-26(31)29(18-16-22-11-4-2-5-12-22)28(33)30(27(25)32)19-17-23-13-6-3-7-14-23;1-21-12-14-24(15-13-21)20-25-26(31)29(18-16-22-8-4-2-5-9-22)28(33)30(27(25)32)19-17-23-10-6-3-7-11-23;4*1-2/h2*2-15,20H,16-19H2,1H3;4*1-2H3. The summed E-state index contributed by atoms with van der Waals surface area (Å²) in [6, 6.07) is 52.8. The van der Waals surface area contributed by atoms with Crippen molar-refractivity contribution in [3.05, 3.63) is 226 Å². The molecule has 10 nitrogen and oxygen atoms in total. The Balaban J connectivity index is 0.000000344. The molecule has 2 aliphatic heterocycles. The Morgan fingerprint density at radius 2 is 0.595 bits per heavy atom. The van der Waals surface area contributed by atoms with E-state index in [2.05, 4.69) is 0 Å². The Bertz CT molecular complexity index is 2600. The van der Waals surface area contributed by atoms with E-state index in [1.807, 2.05) is 239 Å². The van der Waals surface area contributed by atoms with E-state index in [9.17, 15) is 28.8 Å². The van der Waals surface area contributed by atoms with Crippen molar-refractivity contribution in [2.24, 2.45) is 0 Å². The summed E-state index contributed by atoms with van der Waals surface area (Å²) in [5.74, 6) is -2.17. The lowest BCUT2D eigenvalue weighted by atomic mass is 10.0. The first-order chi connectivity index (χ1) is 36.1. The van der Waals surface area contributed by atoms with Crippen LogP contribution in [-0.4, -0.2) is 81.5 Å². The summed E-state index contributed by atoms with van der Waals surface area (Å²) < 4.78 is 0. The second-order valence-corrected chi connectivity index (χ2v) is 16.2. The molecule has 0 atom stereocenters. The largest absolute Gasteiger partial charge is 0.333 e. The summed E-state index contributed by atoms with van der Waals surface area (Å²) in [6.07, 6.45) is 5.29. The molecule has 0 radical (unpaired) electrons. The maximum atomic E-state index is 13.3. The molecule has 8 rings (SSSR count). The second kappa shape index (κ2) is 32.9. The number of benzene rings is 6. The molecule has 6 aromatic rings. The predicted octanol–water partition coefficient (Wildman–Crippen LogP) is 13.4. The molecule has 0 aliphatic carbocycles. The second-order valence-electron chi connectivity index (χ2n) is 16.2. The molecule has 2 saturated heterocycles. The quantitative estimate of drug-likeness (QED) is 0.0793. The van der Waals surface area contributed by atoms with Gasteiger partial charge in [-0.2, -0.15) is 0 Å². The van der Waals surface area contributed by atoms with E-state index in [-0.39, 0.29) is 37.3 Å². The van der Waals surface area contributed by atoms with Gasteiger partial charge < -0.3 is 0 Å². The normalized spacial score (nSPS) is 12.9. The molecule has 2 fully saturated rings. The molecular formula is C64H76N4O6. The summed E-state index contributed by atoms with van der Waals surface area (Å²) in [7, 11) is 0. The van der Waals surface area contributed by atoms with Gasteiger partial charge in [0.1, 0.15) is 11.1 Å². The minimum atomic E-state index is -0.557. The maximum absolute atomic E-state index is 13.3. The van der Waals surface area contributed by atoms with Crippen molar-refractivity contribution < 1.29 is 28.8 Å². The molecule has 0 bridgehead atoms. The monoisotopic (exact) mass is 997 g/mol. The molecular weight excluding hydrogens is 921 g/mol. The Hall–Kier alpha value is -7.98. The highest BCUT2D eigenvalue weighted by atomic mass is 16.2. The van der Waals surface area contributed by atoms with E-state index in [0.717, 1.165) is 44.5 Å². The van der Waals surface area contributed by atoms with Gasteiger partial charge in [-0.3, -0.25) is 38.8 Å². The third-order valence-corrected chi connectivity index (χ3v) is 11.6. The molecule has 8 amide bonds. The number of urea groups is 2. The number of amides is 8. The van der Waals surface area contributed by atoms with E-state index in [1.54, 1.807) is 12.2 Å². The van der Waals surface area contributed by atoms with E-state index in [4.69, 9.17) is 0 Å². The third kappa shape index (κ3) is 17.4. The molecule has 10 heteroatoms. The van der Waals surface area contributed by atoms with Crippen molar-refractivity contribution in [2.75, 3.05) is 26.2 Å². The lowest BCUT2D eigenvalue weighted by molar-refractivity contribution is -0.137. The highest BCUT2D eigenvalue weighted by molar-refractivity contribution is 6.31. The molecule has 0 N–H and O–H groups in total. The Morgan fingerprint density at radius 3 is 0.892 bits per heavy atom. The fourth-order valence-corrected chi connectivity index (χ4v) is 7.72. The molecule has 0 saturated carbocycles. The molecule has 0 aromatic heterocycles. The summed E-state index contributed by atoms with van der Waals surface area (Å²) in [4.78, 5) is 84.3. The van der Waals surface area contributed by atoms with Gasteiger partial charge in [0.2, 0.25) is 0 Å². The van der Waals surface area contributed by atoms with Crippen molar-refractivity contribution in [1.82, 2.24) is 19.6 Å². The van der Waals surface area contributed by atoms with Crippen molar-refractivity contribution in [2.45, 2.75) is 94.9 Å². The number of carbonyl (C=O) groups is 6. The number of hydrogen-bond acceptors (Lipinski definition) is 6. The van der Waals surface area contributed by atoms with Crippen LogP contribution in [0.4, 0.5) is 9.59 Å². The van der Waals surface area contributed by atoms with Crippen molar-refractivity contribution in [3.63, 3.8) is 0 Å². The lowest BCUT2D eigenvalue weighted by Gasteiger charge is -2.34. The number of hydrogen-bond donors (Lipinski definition) is 0. The average molecular weight is 997 g/mol. The van der Waals surface area contributed by atoms with Crippen molar-refractivity contribution >= 4 is 47.8 Å². The average Bonchev–Trinajstić information content (AvgIpc) is 3.45. The molecule has 74 heavy (non-hydrogen) atoms. The summed E-state index contributed by atoms with van der Waals surface area (Å²) >= 11 is 0. The molecule has 0 unspecified atom stereocenters. The van der Waals surface area contributed by atoms with Crippen LogP contribution < -0.4 is 0 Å². The third-order valence-electron chi connectivity index (χ3n) is 11.6. The Morgan fingerprint density at radius 1 is 0.324 bits per heavy atom. The highest BCUT2D eigenvalue weighted by Gasteiger charge is 2.43. The number of carbonyl (C=O) groups excluding carboxylic acids is 6. The molecule has 0 spiro atoms. The van der Waals surface area contributed by atoms with E-state index < -0.39 is 35.7 Å². The van der Waals surface area contributed by atoms with Crippen LogP contribution >= 0.6 is 0 Å². The summed E-state index contributed by atoms with van der Waals surface area (Å²) in [6.45, 7) is 20.7. The van der Waals surface area contributed by atoms with Gasteiger partial charge in [-0.1, -0.05) is 231 Å². The predicted molar refractivity (Wildman–Crippen MR) is 302 cm³/mol. The van der Waals surface area contributed by atoms with Crippen LogP contribution in [0.1, 0.15) is 99.9 Å². The van der Waals surface area contributed by atoms with Gasteiger partial charge in [0.05, 0.1) is 0 Å². The van der Waals surface area contributed by atoms with Gasteiger partial charge in [-0.25, -0.2) is 9.59 Å². The van der Waals surface area contributed by atoms with Gasteiger partial charge >= 0.3 is 12.1 Å². The van der Waals surface area contributed by atoms with E-state index in [1.165, 1.54) is 19.6 Å². The number of barbiturate groups is 2. The lowest BCUT2D eigenvalue weighted by Crippen LogP contribution is -2.57. The van der Waals surface area contributed by atoms with Gasteiger partial charge in [-0.05, 0) is 90.6 Å². The maximum Gasteiger partial charge on any atom is 0.333 e. The summed E-state index contributed by atoms with van der Waals surface area (Å²) in [5.41, 5.74) is 7.70. The zero-order valence-corrected chi connectivity index (χ0v) is 45.2. The first-order valence-electron chi connectivity index (χ1n) is 26.1. The Kier molecular flexibility index (Phi) is 26.8. The fraction of sp³-hybridized carbons (Fsp3) is 0.281. The number of rotatable bonds is 14. The first kappa shape index (κ1) is 60.3. The van der Waals surface area contributed by atoms with E-state index in [0.29, 0.717) is 25.7 Å². The number of imide groups is 4. The Labute approximate surface area is 441 Å². The zero-order valence-electron chi connectivity index (χ0n) is 45.2. The fourth-order valence-electron chi connectivity index (χ4n) is 7.72. The van der Waals surface area contributed by atoms with E-state index >= 15 is 0 Å². The van der Waals surface area contributed by atoms with Crippen LogP contribution in [0.5, 0.6) is 0 Å². The van der Waals surface area contributed by atoms with Crippen LogP contribution in [-0.2, 0) is 44.9 Å². The number of nitrogens with zero attached hydrogens (tertiary/aromatic N) is 4. The van der Waals surface area contributed by atoms with Crippen LogP contribution in [0, 0.1) is 13.8 Å². The number of aryl methyl sites for hydroxylation is 2. The van der Waals surface area contributed by atoms with Gasteiger partial charge in [0.15, 0.2) is 0 Å². The topological polar surface area (TPSA) is 115 Å². The summed E-state index contributed by atoms with van der Waals surface area (Å²) in [5, 5.41) is 0. The van der Waals surface area contributed by atoms with Crippen LogP contribution in [0.25, 0.3) is 12.2 Å². The molecule has 2 aliphatic rings. The van der Waals surface area contributed by atoms with Crippen LogP contribution in [0.2, 0.25) is 0 Å². The van der Waals surface area contributed by atoms with Crippen LogP contribution in [0.3, 0.4) is 0 Å². The SMILES string of the molecule is CC.CC.CC.CC.Cc1ccc(C=C2C(=O)N(CCc3ccccc3)C(=O)N(CCc3ccccc3)C2=O)cc1.Cc1ccccc1C=C1C(=O)N(CCc2ccccc2)C(=O)N(CCc2ccccc2)C1=O. The molecule has 2 heterocycles. The zero-order chi connectivity index (χ0) is 54.4. The smallest absolute Gasteiger partial charge is 0.268 e.